The lowest BCUT2D eigenvalue weighted by atomic mass is 10.1. The van der Waals surface area contributed by atoms with E-state index in [1.165, 1.54) is 18.2 Å². The van der Waals surface area contributed by atoms with Crippen molar-refractivity contribution in [3.05, 3.63) is 54.1 Å². The second-order valence-electron chi connectivity index (χ2n) is 7.61. The summed E-state index contributed by atoms with van der Waals surface area (Å²) in [6.07, 6.45) is 0. The maximum atomic E-state index is 13.0. The summed E-state index contributed by atoms with van der Waals surface area (Å²) in [5.41, 5.74) is 0.712. The van der Waals surface area contributed by atoms with Gasteiger partial charge in [0.2, 0.25) is 5.91 Å². The molecule has 1 heterocycles. The number of ether oxygens (including phenoxy) is 1. The number of nitrogens with zero attached hydrogens (tertiary/aromatic N) is 2. The fraction of sp³-hybridized carbons (Fsp3) is 0.391. The van der Waals surface area contributed by atoms with Gasteiger partial charge < -0.3 is 15.0 Å². The van der Waals surface area contributed by atoms with Crippen LogP contribution < -0.4 is 14.8 Å². The molecule has 9 nitrogen and oxygen atoms in total. The number of hydrogen-bond donors (Lipinski definition) is 2. The lowest BCUT2D eigenvalue weighted by molar-refractivity contribution is -0.122. The van der Waals surface area contributed by atoms with Gasteiger partial charge in [0, 0.05) is 44.0 Å². The molecule has 2 aromatic carbocycles. The first kappa shape index (κ1) is 24.5. The van der Waals surface area contributed by atoms with Gasteiger partial charge in [0.25, 0.3) is 15.9 Å². The minimum absolute atomic E-state index is 0.0233. The SMILES string of the molecule is CCNC(=O)CN1CCN(C(=O)c2cccc(NS(=O)(=O)c3ccc(OCC)cc3)c2)CC1. The molecule has 1 aliphatic rings. The molecular formula is C23H30N4O5S. The first-order valence-corrected chi connectivity index (χ1v) is 12.4. The zero-order valence-corrected chi connectivity index (χ0v) is 19.7. The summed E-state index contributed by atoms with van der Waals surface area (Å²) in [6.45, 7) is 7.34. The van der Waals surface area contributed by atoms with Crippen LogP contribution >= 0.6 is 0 Å². The molecule has 178 valence electrons. The van der Waals surface area contributed by atoms with Crippen LogP contribution in [0.1, 0.15) is 24.2 Å². The quantitative estimate of drug-likeness (QED) is 0.574. The minimum atomic E-state index is -3.81. The molecule has 0 atom stereocenters. The summed E-state index contributed by atoms with van der Waals surface area (Å²) < 4.78 is 33.4. The summed E-state index contributed by atoms with van der Waals surface area (Å²) >= 11 is 0. The standard InChI is InChI=1S/C23H30N4O5S/c1-3-24-22(28)17-26-12-14-27(15-13-26)23(29)18-6-5-7-19(16-18)25-33(30,31)21-10-8-20(9-11-21)32-4-2/h5-11,16,25H,3-4,12-15,17H2,1-2H3,(H,24,28). The molecular weight excluding hydrogens is 444 g/mol. The molecule has 33 heavy (non-hydrogen) atoms. The van der Waals surface area contributed by atoms with Gasteiger partial charge in [0.05, 0.1) is 18.0 Å². The Hall–Kier alpha value is -3.11. The molecule has 1 aliphatic heterocycles. The molecule has 2 aromatic rings. The van der Waals surface area contributed by atoms with Gasteiger partial charge >= 0.3 is 0 Å². The second-order valence-corrected chi connectivity index (χ2v) is 9.29. The number of benzene rings is 2. The van der Waals surface area contributed by atoms with E-state index >= 15 is 0 Å². The highest BCUT2D eigenvalue weighted by Gasteiger charge is 2.24. The van der Waals surface area contributed by atoms with Gasteiger partial charge in [-0.05, 0) is 56.3 Å². The Kier molecular flexibility index (Phi) is 8.29. The Morgan fingerprint density at radius 1 is 1.00 bits per heavy atom. The third kappa shape index (κ3) is 6.69. The molecule has 0 radical (unpaired) electrons. The number of anilines is 1. The van der Waals surface area contributed by atoms with Gasteiger partial charge in [-0.2, -0.15) is 0 Å². The van der Waals surface area contributed by atoms with Crippen molar-refractivity contribution in [2.45, 2.75) is 18.7 Å². The first-order valence-electron chi connectivity index (χ1n) is 11.0. The van der Waals surface area contributed by atoms with Crippen molar-refractivity contribution in [1.29, 1.82) is 0 Å². The molecule has 10 heteroatoms. The monoisotopic (exact) mass is 474 g/mol. The Balaban J connectivity index is 1.62. The van der Waals surface area contributed by atoms with Crippen LogP contribution in [0, 0.1) is 0 Å². The van der Waals surface area contributed by atoms with Gasteiger partial charge in [-0.25, -0.2) is 8.42 Å². The lowest BCUT2D eigenvalue weighted by Crippen LogP contribution is -2.51. The number of likely N-dealkylation sites (N-methyl/N-ethyl adjacent to an activating group) is 1. The Morgan fingerprint density at radius 2 is 1.70 bits per heavy atom. The fourth-order valence-corrected chi connectivity index (χ4v) is 4.61. The Morgan fingerprint density at radius 3 is 2.33 bits per heavy atom. The average Bonchev–Trinajstić information content (AvgIpc) is 2.80. The molecule has 1 saturated heterocycles. The van der Waals surface area contributed by atoms with Crippen LogP contribution in [-0.4, -0.2) is 75.9 Å². The maximum Gasteiger partial charge on any atom is 0.261 e. The highest BCUT2D eigenvalue weighted by atomic mass is 32.2. The van der Waals surface area contributed by atoms with E-state index < -0.39 is 10.0 Å². The fourth-order valence-electron chi connectivity index (χ4n) is 3.56. The van der Waals surface area contributed by atoms with Crippen LogP contribution in [0.5, 0.6) is 5.75 Å². The number of sulfonamides is 1. The number of carbonyl (C=O) groups is 2. The maximum absolute atomic E-state index is 13.0. The van der Waals surface area contributed by atoms with Gasteiger partial charge in [-0.15, -0.1) is 0 Å². The molecule has 2 amide bonds. The van der Waals surface area contributed by atoms with Gasteiger partial charge in [0.15, 0.2) is 0 Å². The van der Waals surface area contributed by atoms with E-state index in [0.29, 0.717) is 62.9 Å². The van der Waals surface area contributed by atoms with E-state index in [1.807, 2.05) is 18.7 Å². The molecule has 1 fully saturated rings. The van der Waals surface area contributed by atoms with E-state index in [-0.39, 0.29) is 16.7 Å². The number of carbonyl (C=O) groups excluding carboxylic acids is 2. The van der Waals surface area contributed by atoms with E-state index in [1.54, 1.807) is 35.2 Å². The summed E-state index contributed by atoms with van der Waals surface area (Å²) in [7, 11) is -3.81. The first-order chi connectivity index (χ1) is 15.8. The number of amides is 2. The molecule has 0 bridgehead atoms. The van der Waals surface area contributed by atoms with Crippen molar-refractivity contribution < 1.29 is 22.7 Å². The zero-order valence-electron chi connectivity index (χ0n) is 18.9. The summed E-state index contributed by atoms with van der Waals surface area (Å²) in [6, 6.07) is 12.6. The molecule has 0 aromatic heterocycles. The van der Waals surface area contributed by atoms with Gasteiger partial charge in [-0.3, -0.25) is 19.2 Å². The van der Waals surface area contributed by atoms with Crippen LogP contribution in [0.3, 0.4) is 0 Å². The number of nitrogens with one attached hydrogen (secondary N) is 2. The van der Waals surface area contributed by atoms with Gasteiger partial charge in [0.1, 0.15) is 5.75 Å². The third-order valence-electron chi connectivity index (χ3n) is 5.21. The van der Waals surface area contributed by atoms with E-state index in [9.17, 15) is 18.0 Å². The van der Waals surface area contributed by atoms with Crippen LogP contribution in [0.4, 0.5) is 5.69 Å². The van der Waals surface area contributed by atoms with Gasteiger partial charge in [-0.1, -0.05) is 6.07 Å². The van der Waals surface area contributed by atoms with E-state index in [0.717, 1.165) is 0 Å². The average molecular weight is 475 g/mol. The molecule has 0 unspecified atom stereocenters. The van der Waals surface area contributed by atoms with Crippen molar-refractivity contribution in [2.24, 2.45) is 0 Å². The second kappa shape index (κ2) is 11.2. The van der Waals surface area contributed by atoms with E-state index in [2.05, 4.69) is 10.0 Å². The summed E-state index contributed by atoms with van der Waals surface area (Å²) in [5, 5.41) is 2.77. The highest BCUT2D eigenvalue weighted by Crippen LogP contribution is 2.21. The van der Waals surface area contributed by atoms with Crippen molar-refractivity contribution in [1.82, 2.24) is 15.1 Å². The Labute approximate surface area is 194 Å². The number of rotatable bonds is 9. The molecule has 0 saturated carbocycles. The van der Waals surface area contributed by atoms with Crippen LogP contribution in [0.2, 0.25) is 0 Å². The van der Waals surface area contributed by atoms with Crippen molar-refractivity contribution >= 4 is 27.5 Å². The molecule has 2 N–H and O–H groups in total. The minimum Gasteiger partial charge on any atom is -0.494 e. The smallest absolute Gasteiger partial charge is 0.261 e. The lowest BCUT2D eigenvalue weighted by Gasteiger charge is -2.34. The summed E-state index contributed by atoms with van der Waals surface area (Å²) in [5.74, 6) is 0.398. The third-order valence-corrected chi connectivity index (χ3v) is 6.60. The molecule has 3 rings (SSSR count). The molecule has 0 spiro atoms. The van der Waals surface area contributed by atoms with Crippen molar-refractivity contribution in [3.63, 3.8) is 0 Å². The largest absolute Gasteiger partial charge is 0.494 e. The van der Waals surface area contributed by atoms with E-state index in [4.69, 9.17) is 4.74 Å². The number of hydrogen-bond acceptors (Lipinski definition) is 6. The topological polar surface area (TPSA) is 108 Å². The highest BCUT2D eigenvalue weighted by molar-refractivity contribution is 7.92. The van der Waals surface area contributed by atoms with Crippen molar-refractivity contribution in [3.8, 4) is 5.75 Å². The summed E-state index contributed by atoms with van der Waals surface area (Å²) in [4.78, 5) is 28.5. The normalized spacial score (nSPS) is 14.5. The van der Waals surface area contributed by atoms with Crippen LogP contribution in [0.25, 0.3) is 0 Å². The van der Waals surface area contributed by atoms with Crippen LogP contribution in [0.15, 0.2) is 53.4 Å². The predicted octanol–water partition coefficient (Wildman–Crippen LogP) is 1.78. The number of piperazine rings is 1. The predicted molar refractivity (Wildman–Crippen MR) is 126 cm³/mol. The van der Waals surface area contributed by atoms with Crippen molar-refractivity contribution in [2.75, 3.05) is 50.6 Å². The van der Waals surface area contributed by atoms with Crippen LogP contribution in [-0.2, 0) is 14.8 Å². The Bertz CT molecular complexity index is 1060. The molecule has 0 aliphatic carbocycles. The zero-order chi connectivity index (χ0) is 23.8.